The molecule has 0 atom stereocenters. The van der Waals surface area contributed by atoms with Crippen LogP contribution in [0.5, 0.6) is 0 Å². The molecule has 0 bridgehead atoms. The Labute approximate surface area is 62.6 Å². The SMILES string of the molecule is CC[O][Ge]([CH3])([CH3])[CH2]Br. The molecule has 0 aromatic heterocycles. The number of hydrogen-bond donors (Lipinski definition) is 0. The Morgan fingerprint density at radius 2 is 2.00 bits per heavy atom. The van der Waals surface area contributed by atoms with Crippen LogP contribution in [0.4, 0.5) is 0 Å². The van der Waals surface area contributed by atoms with Gasteiger partial charge in [0.15, 0.2) is 0 Å². The summed E-state index contributed by atoms with van der Waals surface area (Å²) in [5.74, 6) is 4.50. The van der Waals surface area contributed by atoms with Crippen LogP contribution < -0.4 is 0 Å². The summed E-state index contributed by atoms with van der Waals surface area (Å²) in [7, 11) is 0. The number of hydrogen-bond acceptors (Lipinski definition) is 1. The molecule has 0 unspecified atom stereocenters. The van der Waals surface area contributed by atoms with Crippen molar-refractivity contribution in [2.24, 2.45) is 0 Å². The zero-order valence-corrected chi connectivity index (χ0v) is 9.38. The van der Waals surface area contributed by atoms with Gasteiger partial charge in [0.1, 0.15) is 0 Å². The molecular formula is C5H13BrGeO. The zero-order valence-electron chi connectivity index (χ0n) is 5.70. The molecule has 8 heavy (non-hydrogen) atoms. The van der Waals surface area contributed by atoms with Crippen molar-refractivity contribution in [1.82, 2.24) is 0 Å². The first kappa shape index (κ1) is 8.98. The molecule has 1 nitrogen and oxygen atoms in total. The van der Waals surface area contributed by atoms with Gasteiger partial charge in [-0.25, -0.2) is 0 Å². The van der Waals surface area contributed by atoms with E-state index >= 15 is 0 Å². The quantitative estimate of drug-likeness (QED) is 0.544. The summed E-state index contributed by atoms with van der Waals surface area (Å²) in [6, 6.07) is 0. The van der Waals surface area contributed by atoms with Crippen molar-refractivity contribution in [3.8, 4) is 0 Å². The van der Waals surface area contributed by atoms with Gasteiger partial charge in [0.2, 0.25) is 0 Å². The van der Waals surface area contributed by atoms with Gasteiger partial charge < -0.3 is 0 Å². The molecule has 0 aromatic carbocycles. The molecule has 0 aliphatic rings. The average Bonchev–Trinajstić information content (AvgIpc) is 1.67. The van der Waals surface area contributed by atoms with Gasteiger partial charge in [-0.05, 0) is 0 Å². The van der Waals surface area contributed by atoms with Crippen LogP contribution in [0.2, 0.25) is 11.5 Å². The molecule has 0 aliphatic carbocycles. The van der Waals surface area contributed by atoms with Crippen molar-refractivity contribution in [3.05, 3.63) is 0 Å². The molecular weight excluding hydrogens is 229 g/mol. The first-order valence-corrected chi connectivity index (χ1v) is 10.5. The number of halogens is 1. The van der Waals surface area contributed by atoms with Gasteiger partial charge in [-0.1, -0.05) is 0 Å². The van der Waals surface area contributed by atoms with Crippen LogP contribution in [0.25, 0.3) is 0 Å². The Morgan fingerprint density at radius 1 is 1.50 bits per heavy atom. The summed E-state index contributed by atoms with van der Waals surface area (Å²) in [5, 5.41) is 0. The molecule has 0 aliphatic heterocycles. The van der Waals surface area contributed by atoms with Gasteiger partial charge in [-0.15, -0.1) is 0 Å². The van der Waals surface area contributed by atoms with E-state index in [2.05, 4.69) is 34.4 Å². The maximum absolute atomic E-state index is 5.52. The van der Waals surface area contributed by atoms with E-state index in [9.17, 15) is 0 Å². The van der Waals surface area contributed by atoms with Gasteiger partial charge in [-0.2, -0.15) is 0 Å². The zero-order chi connectivity index (χ0) is 6.62. The molecule has 0 N–H and O–H groups in total. The van der Waals surface area contributed by atoms with Gasteiger partial charge in [-0.3, -0.25) is 0 Å². The minimum atomic E-state index is -1.70. The third-order valence-corrected chi connectivity index (χ3v) is 11.5. The van der Waals surface area contributed by atoms with Crippen LogP contribution in [0.15, 0.2) is 0 Å². The summed E-state index contributed by atoms with van der Waals surface area (Å²) in [6.45, 7) is 2.92. The maximum atomic E-state index is 5.52. The van der Waals surface area contributed by atoms with Gasteiger partial charge in [0.05, 0.1) is 0 Å². The van der Waals surface area contributed by atoms with Crippen LogP contribution in [-0.2, 0) is 3.76 Å². The number of alkyl halides is 1. The summed E-state index contributed by atoms with van der Waals surface area (Å²) >= 11 is 1.73. The third kappa shape index (κ3) is 3.92. The molecule has 0 amide bonds. The van der Waals surface area contributed by atoms with E-state index in [1.54, 1.807) is 0 Å². The predicted molar refractivity (Wildman–Crippen MR) is 42.9 cm³/mol. The monoisotopic (exact) mass is 242 g/mol. The third-order valence-electron chi connectivity index (χ3n) is 0.857. The summed E-state index contributed by atoms with van der Waals surface area (Å²) in [5.41, 5.74) is 0. The fourth-order valence-corrected chi connectivity index (χ4v) is 3.07. The molecule has 0 aromatic rings. The van der Waals surface area contributed by atoms with Crippen molar-refractivity contribution in [2.45, 2.75) is 18.4 Å². The van der Waals surface area contributed by atoms with E-state index in [1.807, 2.05) is 0 Å². The van der Waals surface area contributed by atoms with E-state index in [4.69, 9.17) is 3.76 Å². The molecule has 0 saturated heterocycles. The second-order valence-corrected chi connectivity index (χ2v) is 13.8. The standard InChI is InChI=1S/C5H13BrGeO/c1-4-8-7(2,3)5-6/h4-5H2,1-3H3. The van der Waals surface area contributed by atoms with Crippen molar-refractivity contribution in [1.29, 1.82) is 0 Å². The molecule has 0 rings (SSSR count). The molecule has 0 saturated carbocycles. The summed E-state index contributed by atoms with van der Waals surface area (Å²) in [4.78, 5) is 0. The molecule has 0 radical (unpaired) electrons. The Balaban J connectivity index is 3.37. The molecule has 50 valence electrons. The molecule has 0 spiro atoms. The summed E-state index contributed by atoms with van der Waals surface area (Å²) < 4.78 is 6.60. The molecule has 0 fully saturated rings. The van der Waals surface area contributed by atoms with Crippen LogP contribution in [0, 0.1) is 0 Å². The van der Waals surface area contributed by atoms with Crippen molar-refractivity contribution in [3.63, 3.8) is 0 Å². The van der Waals surface area contributed by atoms with E-state index in [0.717, 1.165) is 10.8 Å². The van der Waals surface area contributed by atoms with Gasteiger partial charge in [0.25, 0.3) is 0 Å². The number of rotatable bonds is 3. The topological polar surface area (TPSA) is 9.23 Å². The van der Waals surface area contributed by atoms with E-state index < -0.39 is 13.6 Å². The van der Waals surface area contributed by atoms with Gasteiger partial charge >= 0.3 is 62.5 Å². The second-order valence-electron chi connectivity index (χ2n) is 2.33. The Morgan fingerprint density at radius 3 is 2.12 bits per heavy atom. The van der Waals surface area contributed by atoms with Crippen molar-refractivity contribution in [2.75, 3.05) is 10.8 Å². The van der Waals surface area contributed by atoms with Crippen LogP contribution in [0.3, 0.4) is 0 Å². The molecule has 0 heterocycles. The van der Waals surface area contributed by atoms with Crippen LogP contribution in [-0.4, -0.2) is 24.4 Å². The predicted octanol–water partition coefficient (Wildman–Crippen LogP) is 2.16. The van der Waals surface area contributed by atoms with Crippen LogP contribution in [0.1, 0.15) is 6.92 Å². The first-order chi connectivity index (χ1) is 3.62. The van der Waals surface area contributed by atoms with Crippen molar-refractivity contribution < 1.29 is 3.76 Å². The normalized spacial score (nSPS) is 12.0. The van der Waals surface area contributed by atoms with E-state index in [1.165, 1.54) is 0 Å². The van der Waals surface area contributed by atoms with Gasteiger partial charge in [0, 0.05) is 0 Å². The molecule has 3 heteroatoms. The fraction of sp³-hybridized carbons (Fsp3) is 1.00. The fourth-order valence-electron chi connectivity index (χ4n) is 0.429. The Bertz CT molecular complexity index is 65.4. The Kier molecular flexibility index (Phi) is 4.39. The average molecular weight is 242 g/mol. The van der Waals surface area contributed by atoms with Crippen LogP contribution >= 0.6 is 15.9 Å². The van der Waals surface area contributed by atoms with E-state index in [-0.39, 0.29) is 0 Å². The Hall–Kier alpha value is 0.983. The van der Waals surface area contributed by atoms with Crippen molar-refractivity contribution >= 4 is 29.5 Å². The summed E-state index contributed by atoms with van der Waals surface area (Å²) in [6.07, 6.45) is 0. The minimum absolute atomic E-state index is 0.874. The second kappa shape index (κ2) is 3.91. The first-order valence-electron chi connectivity index (χ1n) is 2.82. The van der Waals surface area contributed by atoms with E-state index in [0.29, 0.717) is 0 Å².